The Balaban J connectivity index is 0.00000126. The van der Waals surface area contributed by atoms with Gasteiger partial charge in [-0.1, -0.05) is 32.0 Å². The van der Waals surface area contributed by atoms with E-state index in [1.165, 1.54) is 0 Å². The Kier molecular flexibility index (Phi) is 6.17. The van der Waals surface area contributed by atoms with Crippen LogP contribution in [-0.4, -0.2) is 15.3 Å². The third kappa shape index (κ3) is 3.92. The van der Waals surface area contributed by atoms with E-state index in [1.54, 1.807) is 12.1 Å². The summed E-state index contributed by atoms with van der Waals surface area (Å²) in [5.74, 6) is 0.702. The molecule has 0 aliphatic heterocycles. The van der Waals surface area contributed by atoms with Crippen molar-refractivity contribution in [2.75, 3.05) is 0 Å². The van der Waals surface area contributed by atoms with Crippen molar-refractivity contribution in [3.05, 3.63) is 64.7 Å². The normalized spacial score (nSPS) is 10.3. The smallest absolute Gasteiger partial charge is 0.131 e. The van der Waals surface area contributed by atoms with Gasteiger partial charge in [0.15, 0.2) is 0 Å². The minimum Gasteiger partial charge on any atom is -0.508 e. The van der Waals surface area contributed by atoms with Gasteiger partial charge in [-0.2, -0.15) is 0 Å². The quantitative estimate of drug-likeness (QED) is 0.493. The number of rotatable bonds is 2. The Bertz CT molecular complexity index is 896. The molecule has 0 unspecified atom stereocenters. The predicted molar refractivity (Wildman–Crippen MR) is 113 cm³/mol. The molecule has 3 N–H and O–H groups in total. The fraction of sp³-hybridized carbons (Fsp3) is 0.250. The van der Waals surface area contributed by atoms with Crippen LogP contribution in [-0.2, 0) is 0 Å². The van der Waals surface area contributed by atoms with Crippen molar-refractivity contribution < 1.29 is 15.3 Å². The summed E-state index contributed by atoms with van der Waals surface area (Å²) in [4.78, 5) is 0. The van der Waals surface area contributed by atoms with E-state index in [1.807, 2.05) is 71.9 Å². The molecular formula is C24H28O3. The second-order valence-electron chi connectivity index (χ2n) is 6.61. The van der Waals surface area contributed by atoms with E-state index in [-0.39, 0.29) is 17.2 Å². The third-order valence-corrected chi connectivity index (χ3v) is 4.70. The van der Waals surface area contributed by atoms with Gasteiger partial charge in [0.2, 0.25) is 0 Å². The van der Waals surface area contributed by atoms with Gasteiger partial charge < -0.3 is 15.3 Å². The van der Waals surface area contributed by atoms with Gasteiger partial charge >= 0.3 is 0 Å². The average molecular weight is 364 g/mol. The number of hydrogen-bond acceptors (Lipinski definition) is 3. The number of para-hydroxylation sites is 1. The zero-order valence-electron chi connectivity index (χ0n) is 16.9. The predicted octanol–water partition coefficient (Wildman–Crippen LogP) is 6.40. The molecule has 0 saturated carbocycles. The molecule has 0 spiro atoms. The van der Waals surface area contributed by atoms with Gasteiger partial charge in [0.25, 0.3) is 0 Å². The largest absolute Gasteiger partial charge is 0.508 e. The summed E-state index contributed by atoms with van der Waals surface area (Å²) in [5.41, 5.74) is 6.56. The van der Waals surface area contributed by atoms with Gasteiger partial charge in [0.05, 0.1) is 0 Å². The van der Waals surface area contributed by atoms with Gasteiger partial charge in [-0.05, 0) is 85.3 Å². The molecule has 0 radical (unpaired) electrons. The van der Waals surface area contributed by atoms with Crippen LogP contribution in [0.3, 0.4) is 0 Å². The first-order valence-electron chi connectivity index (χ1n) is 9.22. The molecule has 3 aromatic rings. The fourth-order valence-electron chi connectivity index (χ4n) is 3.16. The maximum absolute atomic E-state index is 10.9. The van der Waals surface area contributed by atoms with Crippen molar-refractivity contribution in [2.24, 2.45) is 0 Å². The first-order chi connectivity index (χ1) is 12.8. The summed E-state index contributed by atoms with van der Waals surface area (Å²) < 4.78 is 0. The lowest BCUT2D eigenvalue weighted by atomic mass is 9.91. The highest BCUT2D eigenvalue weighted by Gasteiger charge is 2.16. The lowest BCUT2D eigenvalue weighted by Crippen LogP contribution is -1.91. The molecule has 3 aromatic carbocycles. The Morgan fingerprint density at radius 1 is 0.519 bits per heavy atom. The highest BCUT2D eigenvalue weighted by molar-refractivity contribution is 5.85. The second kappa shape index (κ2) is 8.17. The standard InChI is InChI=1S/C22H22O3.C2H6/c1-12-10-20(23)14(3)8-18(12)16-6-5-7-17(22(16)25)19-9-15(4)21(24)11-13(19)2;1-2/h5-11,23-25H,1-4H3;1-2H3. The van der Waals surface area contributed by atoms with Crippen LogP contribution in [0.4, 0.5) is 0 Å². The van der Waals surface area contributed by atoms with Crippen LogP contribution in [0.2, 0.25) is 0 Å². The van der Waals surface area contributed by atoms with E-state index >= 15 is 0 Å². The number of phenolic OH excluding ortho intramolecular Hbond substituents is 3. The van der Waals surface area contributed by atoms with Gasteiger partial charge in [-0.3, -0.25) is 0 Å². The van der Waals surface area contributed by atoms with E-state index in [4.69, 9.17) is 0 Å². The summed E-state index contributed by atoms with van der Waals surface area (Å²) in [6, 6.07) is 12.9. The highest BCUT2D eigenvalue weighted by atomic mass is 16.3. The highest BCUT2D eigenvalue weighted by Crippen LogP contribution is 2.42. The number of phenols is 3. The van der Waals surface area contributed by atoms with Crippen LogP contribution in [0.25, 0.3) is 22.3 Å². The molecule has 0 amide bonds. The van der Waals surface area contributed by atoms with Gasteiger partial charge in [-0.25, -0.2) is 0 Å². The minimum absolute atomic E-state index is 0.198. The third-order valence-electron chi connectivity index (χ3n) is 4.70. The molecule has 0 fully saturated rings. The SMILES string of the molecule is CC.Cc1cc(-c2cccc(-c3cc(C)c(O)cc3C)c2O)c(C)cc1O. The number of hydrogen-bond donors (Lipinski definition) is 3. The van der Waals surface area contributed by atoms with Crippen molar-refractivity contribution in [1.82, 2.24) is 0 Å². The molecule has 0 bridgehead atoms. The topological polar surface area (TPSA) is 60.7 Å². The van der Waals surface area contributed by atoms with Crippen molar-refractivity contribution in [3.8, 4) is 39.5 Å². The molecule has 0 saturated heterocycles. The summed E-state index contributed by atoms with van der Waals surface area (Å²) >= 11 is 0. The van der Waals surface area contributed by atoms with Crippen LogP contribution < -0.4 is 0 Å². The van der Waals surface area contributed by atoms with E-state index in [2.05, 4.69) is 0 Å². The van der Waals surface area contributed by atoms with Crippen molar-refractivity contribution in [3.63, 3.8) is 0 Å². The second-order valence-corrected chi connectivity index (χ2v) is 6.61. The first-order valence-corrected chi connectivity index (χ1v) is 9.22. The first kappa shape index (κ1) is 20.4. The summed E-state index contributed by atoms with van der Waals surface area (Å²) in [5, 5.41) is 30.7. The Morgan fingerprint density at radius 3 is 1.26 bits per heavy atom. The molecule has 3 rings (SSSR count). The summed E-state index contributed by atoms with van der Waals surface area (Å²) in [7, 11) is 0. The fourth-order valence-corrected chi connectivity index (χ4v) is 3.16. The van der Waals surface area contributed by atoms with Crippen molar-refractivity contribution >= 4 is 0 Å². The van der Waals surface area contributed by atoms with Gasteiger partial charge in [0, 0.05) is 11.1 Å². The zero-order chi connectivity index (χ0) is 20.3. The van der Waals surface area contributed by atoms with Crippen LogP contribution in [0.15, 0.2) is 42.5 Å². The number of benzene rings is 3. The van der Waals surface area contributed by atoms with Gasteiger partial charge in [0.1, 0.15) is 17.2 Å². The molecule has 3 heteroatoms. The monoisotopic (exact) mass is 364 g/mol. The lowest BCUT2D eigenvalue weighted by molar-refractivity contribution is 0.470. The van der Waals surface area contributed by atoms with E-state index in [0.29, 0.717) is 0 Å². The maximum Gasteiger partial charge on any atom is 0.131 e. The Hall–Kier alpha value is -2.94. The van der Waals surface area contributed by atoms with Crippen LogP contribution in [0, 0.1) is 27.7 Å². The summed E-state index contributed by atoms with van der Waals surface area (Å²) in [6.45, 7) is 11.5. The Labute approximate surface area is 161 Å². The molecule has 0 atom stereocenters. The lowest BCUT2D eigenvalue weighted by Gasteiger charge is -2.15. The molecule has 27 heavy (non-hydrogen) atoms. The molecule has 0 aliphatic rings. The minimum atomic E-state index is 0.198. The Morgan fingerprint density at radius 2 is 0.889 bits per heavy atom. The zero-order valence-corrected chi connectivity index (χ0v) is 16.9. The molecule has 142 valence electrons. The maximum atomic E-state index is 10.9. The van der Waals surface area contributed by atoms with E-state index in [9.17, 15) is 15.3 Å². The van der Waals surface area contributed by atoms with Crippen LogP contribution >= 0.6 is 0 Å². The average Bonchev–Trinajstić information content (AvgIpc) is 2.64. The molecule has 0 aromatic heterocycles. The van der Waals surface area contributed by atoms with Crippen molar-refractivity contribution in [2.45, 2.75) is 41.5 Å². The van der Waals surface area contributed by atoms with Gasteiger partial charge in [-0.15, -0.1) is 0 Å². The molecular weight excluding hydrogens is 336 g/mol. The molecule has 3 nitrogen and oxygen atoms in total. The summed E-state index contributed by atoms with van der Waals surface area (Å²) in [6.07, 6.45) is 0. The van der Waals surface area contributed by atoms with E-state index in [0.717, 1.165) is 44.5 Å². The number of aryl methyl sites for hydroxylation is 4. The number of aromatic hydroxyl groups is 3. The van der Waals surface area contributed by atoms with Crippen molar-refractivity contribution in [1.29, 1.82) is 0 Å². The van der Waals surface area contributed by atoms with Crippen LogP contribution in [0.5, 0.6) is 17.2 Å². The van der Waals surface area contributed by atoms with E-state index < -0.39 is 0 Å². The van der Waals surface area contributed by atoms with Crippen LogP contribution in [0.1, 0.15) is 36.1 Å². The molecule has 0 heterocycles. The molecule has 0 aliphatic carbocycles.